The summed E-state index contributed by atoms with van der Waals surface area (Å²) in [6.07, 6.45) is 0. The van der Waals surface area contributed by atoms with Gasteiger partial charge in [-0.3, -0.25) is 0 Å². The number of nitrogens with zero attached hydrogens (tertiary/aromatic N) is 1. The van der Waals surface area contributed by atoms with Crippen molar-refractivity contribution in [1.82, 2.24) is 0 Å². The zero-order valence-corrected chi connectivity index (χ0v) is 15.0. The van der Waals surface area contributed by atoms with Gasteiger partial charge in [-0.2, -0.15) is 0 Å². The summed E-state index contributed by atoms with van der Waals surface area (Å²) in [5.41, 5.74) is 0.871. The zero-order valence-electron chi connectivity index (χ0n) is 13.9. The third-order valence-electron chi connectivity index (χ3n) is 17.2. The number of nitro benzene ring substituents is 1. The van der Waals surface area contributed by atoms with E-state index < -0.39 is 6.51 Å². The minimum atomic E-state index is -3.45. The number of fused-ring (bicyclic) bond motifs is 11. The Labute approximate surface area is 137 Å². The quantitative estimate of drug-likeness (QED) is 0.420. The summed E-state index contributed by atoms with van der Waals surface area (Å²) in [5.74, 6) is 0.924. The van der Waals surface area contributed by atoms with Crippen LogP contribution in [0, 0.1) is 17.0 Å². The molecule has 0 N–H and O–H groups in total. The van der Waals surface area contributed by atoms with E-state index in [4.69, 9.17) is 4.42 Å². The molecule has 26 heavy (non-hydrogen) atoms. The molecule has 0 saturated carbocycles. The van der Waals surface area contributed by atoms with E-state index in [1.54, 1.807) is 25.1 Å². The van der Waals surface area contributed by atoms with Crippen LogP contribution >= 0.6 is 0 Å². The Kier molecular flexibility index (Phi) is 0.464. The van der Waals surface area contributed by atoms with Crippen molar-refractivity contribution in [2.45, 2.75) is 54.6 Å². The van der Waals surface area contributed by atoms with E-state index >= 15 is 0 Å². The molecule has 1 aromatic heterocycles. The van der Waals surface area contributed by atoms with Crippen LogP contribution < -0.4 is 5.43 Å². The number of aryl methyl sites for hydroxylation is 1. The fourth-order valence-electron chi connectivity index (χ4n) is 18.6. The molecule has 0 amide bonds. The molecule has 11 heterocycles. The van der Waals surface area contributed by atoms with Gasteiger partial charge in [-0.25, -0.2) is 0 Å². The molecule has 132 valence electrons. The van der Waals surface area contributed by atoms with Gasteiger partial charge in [-0.1, -0.05) is 0 Å². The Morgan fingerprint density at radius 3 is 2.12 bits per heavy atom. The van der Waals surface area contributed by atoms with E-state index in [0.29, 0.717) is 9.70 Å². The van der Waals surface area contributed by atoms with E-state index in [1.807, 2.05) is 0 Å². The third kappa shape index (κ3) is 0.164. The van der Waals surface area contributed by atoms with Crippen LogP contribution in [-0.2, 0) is 10.8 Å². The molecule has 10 saturated heterocycles. The normalized spacial score (nSPS) is 82.0. The Balaban J connectivity index is 1.31. The van der Waals surface area contributed by atoms with Crippen LogP contribution in [0.1, 0.15) is 11.3 Å². The first-order valence-electron chi connectivity index (χ1n) is 9.69. The first-order valence-corrected chi connectivity index (χ1v) is 16.0. The summed E-state index contributed by atoms with van der Waals surface area (Å²) >= 11 is 0. The summed E-state index contributed by atoms with van der Waals surface area (Å²) in [7, 11) is 0. The minimum absolute atomic E-state index is 0.0365. The van der Waals surface area contributed by atoms with E-state index in [9.17, 15) is 14.9 Å². The van der Waals surface area contributed by atoms with Crippen LogP contribution in [0.15, 0.2) is 27.4 Å². The number of nitro groups is 1. The Morgan fingerprint density at radius 1 is 1.04 bits per heavy atom. The van der Waals surface area contributed by atoms with Crippen LogP contribution in [0.5, 0.6) is 0 Å². The standard InChI is InChI=1S/C15H10NO4.C5H5.Fe/c1-9-6-11-13(17)8-14(10-4-2-3-5-10)20-15(11)12(7-9)16(18)19;1-2-4-5-3-1;/h2-8H,1H3;1-5H;. The molecule has 10 aliphatic rings. The van der Waals surface area contributed by atoms with Gasteiger partial charge in [0.1, 0.15) is 0 Å². The Morgan fingerprint density at radius 2 is 1.65 bits per heavy atom. The molecular weight excluding hydrogens is 374 g/mol. The molecule has 5 nitrogen and oxygen atoms in total. The van der Waals surface area contributed by atoms with Crippen molar-refractivity contribution in [1.29, 1.82) is 0 Å². The molecule has 4 atom stereocenters. The molecule has 0 bridgehead atoms. The fraction of sp³-hybridized carbons (Fsp3) is 0.550. The van der Waals surface area contributed by atoms with Gasteiger partial charge in [-0.15, -0.1) is 0 Å². The second-order valence-electron chi connectivity index (χ2n) is 13.1. The van der Waals surface area contributed by atoms with Crippen molar-refractivity contribution in [2.75, 3.05) is 0 Å². The van der Waals surface area contributed by atoms with Crippen LogP contribution in [-0.4, -0.2) is 4.92 Å². The topological polar surface area (TPSA) is 73.3 Å². The maximum absolute atomic E-state index is 13.0. The van der Waals surface area contributed by atoms with Crippen molar-refractivity contribution < 1.29 is 15.8 Å². The third-order valence-corrected chi connectivity index (χ3v) is 59.5. The number of hydrogen-bond acceptors (Lipinski definition) is 4. The fourth-order valence-corrected chi connectivity index (χ4v) is 92.5. The van der Waals surface area contributed by atoms with E-state index in [1.165, 1.54) is 0 Å². The molecule has 12 rings (SSSR count). The second-order valence-corrected chi connectivity index (χ2v) is 36.6. The average Bonchev–Trinajstić information content (AvgIpc) is 3.53. The molecule has 1 spiro atoms. The van der Waals surface area contributed by atoms with Gasteiger partial charge < -0.3 is 0 Å². The molecule has 10 aliphatic heterocycles. The van der Waals surface area contributed by atoms with Crippen molar-refractivity contribution in [3.05, 3.63) is 49.9 Å². The molecule has 10 fully saturated rings. The summed E-state index contributed by atoms with van der Waals surface area (Å²) in [4.78, 5) is 34.1. The number of non-ortho nitro benzene ring substituents is 1. The molecule has 0 radical (unpaired) electrons. The molecule has 6 heteroatoms. The predicted molar refractivity (Wildman–Crippen MR) is 89.3 cm³/mol. The zero-order chi connectivity index (χ0) is 16.9. The summed E-state index contributed by atoms with van der Waals surface area (Å²) in [6.45, 7) is -1.65. The number of hydrogen-bond donors (Lipinski definition) is 0. The Hall–Kier alpha value is -1.65. The molecule has 1 aromatic carbocycles. The first-order chi connectivity index (χ1) is 12.2. The van der Waals surface area contributed by atoms with Gasteiger partial charge in [0.05, 0.1) is 0 Å². The maximum atomic E-state index is 13.0. The summed E-state index contributed by atoms with van der Waals surface area (Å²) in [5, 5.41) is 12.0. The first kappa shape index (κ1) is 10.6. The van der Waals surface area contributed by atoms with Crippen LogP contribution in [0.4, 0.5) is 5.69 Å². The molecular formula is C20H15FeNO4. The van der Waals surface area contributed by atoms with Gasteiger partial charge in [0.2, 0.25) is 0 Å². The predicted octanol–water partition coefficient (Wildman–Crippen LogP) is 4.81. The molecule has 2 aromatic rings. The molecule has 0 aliphatic carbocycles. The van der Waals surface area contributed by atoms with Crippen LogP contribution in [0.2, 0.25) is 43.3 Å². The van der Waals surface area contributed by atoms with Crippen molar-refractivity contribution >= 4 is 16.7 Å². The molecule has 4 unspecified atom stereocenters. The van der Waals surface area contributed by atoms with Gasteiger partial charge in [0, 0.05) is 0 Å². The summed E-state index contributed by atoms with van der Waals surface area (Å²) in [6, 6.07) is 5.08. The van der Waals surface area contributed by atoms with Crippen molar-refractivity contribution in [3.63, 3.8) is 0 Å². The van der Waals surface area contributed by atoms with Gasteiger partial charge >= 0.3 is 137 Å². The summed E-state index contributed by atoms with van der Waals surface area (Å²) < 4.78 is 6.72. The average molecular weight is 389 g/mol. The number of benzene rings is 1. The van der Waals surface area contributed by atoms with Crippen LogP contribution in [0.25, 0.3) is 11.0 Å². The second kappa shape index (κ2) is 1.14. The van der Waals surface area contributed by atoms with E-state index in [2.05, 4.69) is 0 Å². The van der Waals surface area contributed by atoms with Crippen molar-refractivity contribution in [3.8, 4) is 0 Å². The van der Waals surface area contributed by atoms with Crippen molar-refractivity contribution in [2.24, 2.45) is 0 Å². The Bertz CT molecular complexity index is 1660. The van der Waals surface area contributed by atoms with Gasteiger partial charge in [-0.05, 0) is 0 Å². The van der Waals surface area contributed by atoms with E-state index in [0.717, 1.165) is 54.7 Å². The number of rotatable bonds is 2. The monoisotopic (exact) mass is 389 g/mol. The van der Waals surface area contributed by atoms with Gasteiger partial charge in [0.15, 0.2) is 0 Å². The van der Waals surface area contributed by atoms with E-state index in [-0.39, 0.29) is 21.6 Å². The van der Waals surface area contributed by atoms with Crippen LogP contribution in [0.3, 0.4) is 0 Å². The SMILES string of the molecule is Cc1cc([N+](=O)[O-])c2oc([C]34[CH]5[CH]6[CH]7[CH]3[Fe]6754389%10[CH]4[CH]3[CH]8[CH]9[CH]4%10)cc(=O)c2c1. The van der Waals surface area contributed by atoms with Gasteiger partial charge in [0.25, 0.3) is 0 Å².